The quantitative estimate of drug-likeness (QED) is 0.864. The summed E-state index contributed by atoms with van der Waals surface area (Å²) in [4.78, 5) is 15.4. The minimum absolute atomic E-state index is 0.246. The van der Waals surface area contributed by atoms with Crippen LogP contribution in [0.1, 0.15) is 6.92 Å². The van der Waals surface area contributed by atoms with Crippen LogP contribution in [0.2, 0.25) is 0 Å². The summed E-state index contributed by atoms with van der Waals surface area (Å²) in [5, 5.41) is 1.75. The number of nitrogens with zero attached hydrogens (tertiary/aromatic N) is 1. The molecule has 0 aliphatic heterocycles. The molecule has 0 bridgehead atoms. The van der Waals surface area contributed by atoms with Gasteiger partial charge in [-0.25, -0.2) is 4.98 Å². The van der Waals surface area contributed by atoms with Crippen LogP contribution in [0.15, 0.2) is 40.1 Å². The van der Waals surface area contributed by atoms with Gasteiger partial charge in [-0.3, -0.25) is 4.79 Å². The molecule has 0 spiro atoms. The molecule has 1 atom stereocenters. The van der Waals surface area contributed by atoms with E-state index in [0.717, 1.165) is 15.6 Å². The third-order valence-corrected chi connectivity index (χ3v) is 4.32. The van der Waals surface area contributed by atoms with Crippen molar-refractivity contribution in [1.82, 2.24) is 4.98 Å². The van der Waals surface area contributed by atoms with Crippen LogP contribution < -0.4 is 5.73 Å². The summed E-state index contributed by atoms with van der Waals surface area (Å²) in [6.07, 6.45) is 0. The Kier molecular flexibility index (Phi) is 3.81. The van der Waals surface area contributed by atoms with E-state index in [1.807, 2.05) is 35.7 Å². The maximum Gasteiger partial charge on any atom is 0.230 e. The molecule has 0 saturated carbocycles. The van der Waals surface area contributed by atoms with Gasteiger partial charge in [0.25, 0.3) is 0 Å². The predicted molar refractivity (Wildman–Crippen MR) is 72.1 cm³/mol. The molecule has 0 radical (unpaired) electrons. The van der Waals surface area contributed by atoms with E-state index in [9.17, 15) is 4.79 Å². The van der Waals surface area contributed by atoms with E-state index < -0.39 is 0 Å². The topological polar surface area (TPSA) is 56.0 Å². The van der Waals surface area contributed by atoms with Gasteiger partial charge in [0.15, 0.2) is 4.34 Å². The van der Waals surface area contributed by atoms with Crippen molar-refractivity contribution in [3.63, 3.8) is 0 Å². The van der Waals surface area contributed by atoms with Crippen molar-refractivity contribution < 1.29 is 4.79 Å². The highest BCUT2D eigenvalue weighted by atomic mass is 32.2. The zero-order valence-electron chi connectivity index (χ0n) is 9.29. The number of nitrogens with two attached hydrogens (primary N) is 1. The monoisotopic (exact) mass is 264 g/mol. The molecule has 2 rings (SSSR count). The van der Waals surface area contributed by atoms with Gasteiger partial charge < -0.3 is 5.73 Å². The molecule has 1 amide bonds. The first-order valence-corrected chi connectivity index (χ1v) is 6.89. The van der Waals surface area contributed by atoms with Crippen LogP contribution in [0.25, 0.3) is 11.3 Å². The third-order valence-electron chi connectivity index (χ3n) is 2.23. The summed E-state index contributed by atoms with van der Waals surface area (Å²) >= 11 is 2.93. The minimum atomic E-state index is -0.313. The second-order valence-electron chi connectivity index (χ2n) is 3.53. The molecule has 1 unspecified atom stereocenters. The lowest BCUT2D eigenvalue weighted by molar-refractivity contribution is -0.117. The maximum absolute atomic E-state index is 11.0. The van der Waals surface area contributed by atoms with Crippen LogP contribution in [-0.2, 0) is 4.79 Å². The molecule has 88 valence electrons. The van der Waals surface area contributed by atoms with Crippen LogP contribution in [0.5, 0.6) is 0 Å². The molecule has 1 aromatic heterocycles. The molecule has 17 heavy (non-hydrogen) atoms. The second kappa shape index (κ2) is 5.33. The fraction of sp³-hybridized carbons (Fsp3) is 0.167. The highest BCUT2D eigenvalue weighted by Gasteiger charge is 2.13. The van der Waals surface area contributed by atoms with E-state index in [1.165, 1.54) is 23.1 Å². The molecule has 1 aromatic carbocycles. The smallest absolute Gasteiger partial charge is 0.230 e. The van der Waals surface area contributed by atoms with E-state index in [4.69, 9.17) is 5.73 Å². The summed E-state index contributed by atoms with van der Waals surface area (Å²) < 4.78 is 0.871. The molecule has 0 saturated heterocycles. The number of carbonyl (C=O) groups is 1. The average molecular weight is 264 g/mol. The Morgan fingerprint density at radius 1 is 1.41 bits per heavy atom. The average Bonchev–Trinajstić information content (AvgIpc) is 2.78. The van der Waals surface area contributed by atoms with Crippen LogP contribution in [0, 0.1) is 0 Å². The Bertz CT molecular complexity index is 510. The lowest BCUT2D eigenvalue weighted by Gasteiger charge is -2.02. The summed E-state index contributed by atoms with van der Waals surface area (Å²) in [5.41, 5.74) is 7.24. The van der Waals surface area contributed by atoms with Gasteiger partial charge in [-0.1, -0.05) is 42.1 Å². The molecule has 1 heterocycles. The molecule has 2 aromatic rings. The third kappa shape index (κ3) is 3.08. The first-order chi connectivity index (χ1) is 8.16. The van der Waals surface area contributed by atoms with Crippen molar-refractivity contribution in [2.24, 2.45) is 5.73 Å². The summed E-state index contributed by atoms with van der Waals surface area (Å²) in [5.74, 6) is -0.313. The fourth-order valence-electron chi connectivity index (χ4n) is 1.26. The highest BCUT2D eigenvalue weighted by Crippen LogP contribution is 2.30. The van der Waals surface area contributed by atoms with Gasteiger partial charge in [-0.2, -0.15) is 0 Å². The molecule has 0 aliphatic rings. The second-order valence-corrected chi connectivity index (χ2v) is 5.97. The zero-order valence-corrected chi connectivity index (χ0v) is 10.9. The van der Waals surface area contributed by atoms with Crippen molar-refractivity contribution in [2.75, 3.05) is 0 Å². The number of carbonyl (C=O) groups excluding carboxylic acids is 1. The number of rotatable bonds is 4. The van der Waals surface area contributed by atoms with Gasteiger partial charge in [0.1, 0.15) is 0 Å². The van der Waals surface area contributed by atoms with E-state index in [-0.39, 0.29) is 11.2 Å². The molecule has 2 N–H and O–H groups in total. The molecule has 5 heteroatoms. The largest absolute Gasteiger partial charge is 0.369 e. The van der Waals surface area contributed by atoms with Crippen molar-refractivity contribution in [3.05, 3.63) is 35.7 Å². The van der Waals surface area contributed by atoms with E-state index in [1.54, 1.807) is 6.92 Å². The fourth-order valence-corrected chi connectivity index (χ4v) is 3.18. The number of primary amides is 1. The van der Waals surface area contributed by atoms with Gasteiger partial charge in [0.2, 0.25) is 5.91 Å². The highest BCUT2D eigenvalue weighted by molar-refractivity contribution is 8.02. The number of thioether (sulfide) groups is 1. The lowest BCUT2D eigenvalue weighted by atomic mass is 10.2. The van der Waals surface area contributed by atoms with Gasteiger partial charge in [0, 0.05) is 10.9 Å². The Hall–Kier alpha value is -1.33. The standard InChI is InChI=1S/C12H12N2OS2/c1-8(11(13)15)17-12-14-10(7-16-12)9-5-3-2-4-6-9/h2-8H,1H3,(H2,13,15). The van der Waals surface area contributed by atoms with Crippen molar-refractivity contribution in [3.8, 4) is 11.3 Å². The van der Waals surface area contributed by atoms with Gasteiger partial charge in [0.05, 0.1) is 10.9 Å². The van der Waals surface area contributed by atoms with Crippen LogP contribution in [0.4, 0.5) is 0 Å². The Labute approximate surface area is 108 Å². The zero-order chi connectivity index (χ0) is 12.3. The number of amides is 1. The first-order valence-electron chi connectivity index (χ1n) is 5.14. The minimum Gasteiger partial charge on any atom is -0.369 e. The maximum atomic E-state index is 11.0. The van der Waals surface area contributed by atoms with E-state index >= 15 is 0 Å². The number of thiazole rings is 1. The SMILES string of the molecule is CC(Sc1nc(-c2ccccc2)cs1)C(N)=O. The molecule has 3 nitrogen and oxygen atoms in total. The predicted octanol–water partition coefficient (Wildman–Crippen LogP) is 2.78. The summed E-state index contributed by atoms with van der Waals surface area (Å²) in [7, 11) is 0. The number of hydrogen-bond acceptors (Lipinski definition) is 4. The van der Waals surface area contributed by atoms with Gasteiger partial charge in [-0.15, -0.1) is 11.3 Å². The molecule has 0 aliphatic carbocycles. The Morgan fingerprint density at radius 3 is 2.76 bits per heavy atom. The summed E-state index contributed by atoms with van der Waals surface area (Å²) in [6.45, 7) is 1.79. The van der Waals surface area contributed by atoms with Crippen molar-refractivity contribution in [1.29, 1.82) is 0 Å². The number of aromatic nitrogens is 1. The molecule has 0 fully saturated rings. The van der Waals surface area contributed by atoms with Gasteiger partial charge >= 0.3 is 0 Å². The van der Waals surface area contributed by atoms with E-state index in [2.05, 4.69) is 4.98 Å². The molecular formula is C12H12N2OS2. The summed E-state index contributed by atoms with van der Waals surface area (Å²) in [6, 6.07) is 9.96. The Morgan fingerprint density at radius 2 is 2.12 bits per heavy atom. The number of benzene rings is 1. The van der Waals surface area contributed by atoms with Crippen LogP contribution >= 0.6 is 23.1 Å². The molecular weight excluding hydrogens is 252 g/mol. The van der Waals surface area contributed by atoms with Crippen molar-refractivity contribution in [2.45, 2.75) is 16.5 Å². The number of hydrogen-bond donors (Lipinski definition) is 1. The lowest BCUT2D eigenvalue weighted by Crippen LogP contribution is -2.22. The normalized spacial score (nSPS) is 12.3. The van der Waals surface area contributed by atoms with Crippen molar-refractivity contribution >= 4 is 29.0 Å². The van der Waals surface area contributed by atoms with Gasteiger partial charge in [-0.05, 0) is 6.92 Å². The first kappa shape index (κ1) is 12.1. The van der Waals surface area contributed by atoms with Crippen LogP contribution in [0.3, 0.4) is 0 Å². The van der Waals surface area contributed by atoms with Crippen LogP contribution in [-0.4, -0.2) is 16.1 Å². The Balaban J connectivity index is 2.14. The van der Waals surface area contributed by atoms with E-state index in [0.29, 0.717) is 0 Å².